The Hall–Kier alpha value is -0.600. The van der Waals surface area contributed by atoms with Gasteiger partial charge in [0, 0.05) is 6.61 Å². The minimum absolute atomic E-state index is 0.0291. The first-order chi connectivity index (χ1) is 4.81. The Kier molecular flexibility index (Phi) is 6.13. The fraction of sp³-hybridized carbons (Fsp3) is 0.500. The monoisotopic (exact) mass is 142 g/mol. The first kappa shape index (κ1) is 9.40. The second kappa shape index (κ2) is 6.52. The largest absolute Gasteiger partial charge is 0.396 e. The minimum atomic E-state index is -0.513. The topological polar surface area (TPSA) is 40.5 Å². The molecule has 0 aromatic rings. The summed E-state index contributed by atoms with van der Waals surface area (Å²) in [6, 6.07) is 0. The molecule has 0 aliphatic rings. The molecule has 0 saturated carbocycles. The number of hydrogen-bond acceptors (Lipinski definition) is 2. The van der Waals surface area contributed by atoms with E-state index < -0.39 is 6.10 Å². The maximum absolute atomic E-state index is 9.00. The van der Waals surface area contributed by atoms with Crippen LogP contribution < -0.4 is 0 Å². The van der Waals surface area contributed by atoms with E-state index in [1.165, 1.54) is 0 Å². The van der Waals surface area contributed by atoms with Gasteiger partial charge in [0.25, 0.3) is 0 Å². The van der Waals surface area contributed by atoms with Gasteiger partial charge in [0.05, 0.1) is 6.10 Å². The van der Waals surface area contributed by atoms with Crippen molar-refractivity contribution in [3.8, 4) is 0 Å². The van der Waals surface area contributed by atoms with Crippen molar-refractivity contribution in [3.05, 3.63) is 24.3 Å². The van der Waals surface area contributed by atoms with Gasteiger partial charge in [-0.1, -0.05) is 24.3 Å². The Labute approximate surface area is 61.5 Å². The molecule has 58 valence electrons. The lowest BCUT2D eigenvalue weighted by Gasteiger charge is -1.99. The van der Waals surface area contributed by atoms with E-state index in [2.05, 4.69) is 0 Å². The van der Waals surface area contributed by atoms with E-state index in [9.17, 15) is 0 Å². The third kappa shape index (κ3) is 5.54. The van der Waals surface area contributed by atoms with Crippen LogP contribution in [0.15, 0.2) is 24.3 Å². The molecule has 0 aliphatic carbocycles. The van der Waals surface area contributed by atoms with E-state index in [1.807, 2.05) is 19.1 Å². The molecule has 1 unspecified atom stereocenters. The van der Waals surface area contributed by atoms with Gasteiger partial charge < -0.3 is 10.2 Å². The molecule has 0 spiro atoms. The average molecular weight is 142 g/mol. The molecule has 2 N–H and O–H groups in total. The molecule has 0 heterocycles. The summed E-state index contributed by atoms with van der Waals surface area (Å²) in [7, 11) is 0. The summed E-state index contributed by atoms with van der Waals surface area (Å²) in [6.07, 6.45) is 7.02. The van der Waals surface area contributed by atoms with Crippen molar-refractivity contribution < 1.29 is 10.2 Å². The van der Waals surface area contributed by atoms with Gasteiger partial charge in [0.15, 0.2) is 0 Å². The van der Waals surface area contributed by atoms with Gasteiger partial charge >= 0.3 is 0 Å². The molecule has 0 radical (unpaired) electrons. The summed E-state index contributed by atoms with van der Waals surface area (Å²) in [5.74, 6) is 0. The number of allylic oxidation sites excluding steroid dienone is 3. The predicted octanol–water partition coefficient (Wildman–Crippen LogP) is 0.862. The van der Waals surface area contributed by atoms with Gasteiger partial charge in [0.1, 0.15) is 0 Å². The second-order valence-electron chi connectivity index (χ2n) is 1.99. The summed E-state index contributed by atoms with van der Waals surface area (Å²) < 4.78 is 0. The molecule has 0 aromatic heterocycles. The van der Waals surface area contributed by atoms with Crippen LogP contribution in [0.4, 0.5) is 0 Å². The number of aliphatic hydroxyl groups excluding tert-OH is 2. The van der Waals surface area contributed by atoms with E-state index >= 15 is 0 Å². The van der Waals surface area contributed by atoms with Gasteiger partial charge in [-0.2, -0.15) is 0 Å². The van der Waals surface area contributed by atoms with Crippen LogP contribution in [0, 0.1) is 0 Å². The van der Waals surface area contributed by atoms with Crippen molar-refractivity contribution in [2.24, 2.45) is 0 Å². The van der Waals surface area contributed by atoms with Gasteiger partial charge in [-0.15, -0.1) is 0 Å². The highest BCUT2D eigenvalue weighted by atomic mass is 16.3. The molecule has 1 atom stereocenters. The smallest absolute Gasteiger partial charge is 0.0745 e. The maximum Gasteiger partial charge on any atom is 0.0745 e. The Balaban J connectivity index is 3.44. The van der Waals surface area contributed by atoms with Crippen LogP contribution in [0.1, 0.15) is 13.3 Å². The van der Waals surface area contributed by atoms with Crippen molar-refractivity contribution in [2.45, 2.75) is 19.4 Å². The summed E-state index contributed by atoms with van der Waals surface area (Å²) >= 11 is 0. The summed E-state index contributed by atoms with van der Waals surface area (Å²) in [5, 5.41) is 17.4. The number of aliphatic hydroxyl groups is 2. The lowest BCUT2D eigenvalue weighted by Crippen LogP contribution is -2.03. The molecule has 0 rings (SSSR count). The maximum atomic E-state index is 9.00. The second-order valence-corrected chi connectivity index (χ2v) is 1.99. The number of hydrogen-bond donors (Lipinski definition) is 2. The van der Waals surface area contributed by atoms with Gasteiger partial charge in [0.2, 0.25) is 0 Å². The first-order valence-electron chi connectivity index (χ1n) is 3.39. The molecule has 0 bridgehead atoms. The van der Waals surface area contributed by atoms with Crippen molar-refractivity contribution in [1.82, 2.24) is 0 Å². The first-order valence-corrected chi connectivity index (χ1v) is 3.39. The van der Waals surface area contributed by atoms with Crippen LogP contribution in [0.25, 0.3) is 0 Å². The Morgan fingerprint density at radius 3 is 2.60 bits per heavy atom. The molecular formula is C8H14O2. The normalized spacial score (nSPS) is 15.1. The zero-order valence-corrected chi connectivity index (χ0v) is 6.20. The highest BCUT2D eigenvalue weighted by Gasteiger charge is 1.93. The van der Waals surface area contributed by atoms with Crippen molar-refractivity contribution >= 4 is 0 Å². The molecule has 0 amide bonds. The summed E-state index contributed by atoms with van der Waals surface area (Å²) in [6.45, 7) is 1.93. The fourth-order valence-corrected chi connectivity index (χ4v) is 0.532. The van der Waals surface area contributed by atoms with Crippen LogP contribution in [0.2, 0.25) is 0 Å². The van der Waals surface area contributed by atoms with Crippen LogP contribution in [0.5, 0.6) is 0 Å². The SMILES string of the molecule is C/C=C/C=C/C(O)CCO. The van der Waals surface area contributed by atoms with Gasteiger partial charge in [-0.05, 0) is 13.3 Å². The van der Waals surface area contributed by atoms with Crippen LogP contribution in [-0.4, -0.2) is 22.9 Å². The lowest BCUT2D eigenvalue weighted by atomic mass is 10.2. The average Bonchev–Trinajstić information content (AvgIpc) is 1.89. The van der Waals surface area contributed by atoms with Crippen molar-refractivity contribution in [1.29, 1.82) is 0 Å². The summed E-state index contributed by atoms with van der Waals surface area (Å²) in [5.41, 5.74) is 0. The molecule has 0 aliphatic heterocycles. The summed E-state index contributed by atoms with van der Waals surface area (Å²) in [4.78, 5) is 0. The molecule has 2 heteroatoms. The number of rotatable bonds is 4. The Bertz CT molecular complexity index is 116. The quantitative estimate of drug-likeness (QED) is 0.571. The zero-order chi connectivity index (χ0) is 7.82. The minimum Gasteiger partial charge on any atom is -0.396 e. The molecule has 0 fully saturated rings. The lowest BCUT2D eigenvalue weighted by molar-refractivity contribution is 0.170. The highest BCUT2D eigenvalue weighted by molar-refractivity contribution is 5.03. The third-order valence-corrected chi connectivity index (χ3v) is 1.06. The molecule has 0 aromatic carbocycles. The van der Waals surface area contributed by atoms with E-state index in [0.717, 1.165) is 0 Å². The van der Waals surface area contributed by atoms with E-state index in [-0.39, 0.29) is 6.61 Å². The molecular weight excluding hydrogens is 128 g/mol. The fourth-order valence-electron chi connectivity index (χ4n) is 0.532. The predicted molar refractivity (Wildman–Crippen MR) is 41.7 cm³/mol. The molecule has 2 nitrogen and oxygen atoms in total. The molecule has 10 heavy (non-hydrogen) atoms. The van der Waals surface area contributed by atoms with Gasteiger partial charge in [-0.3, -0.25) is 0 Å². The van der Waals surface area contributed by atoms with E-state index in [0.29, 0.717) is 6.42 Å². The van der Waals surface area contributed by atoms with E-state index in [1.54, 1.807) is 12.2 Å². The third-order valence-electron chi connectivity index (χ3n) is 1.06. The van der Waals surface area contributed by atoms with Crippen LogP contribution in [-0.2, 0) is 0 Å². The Morgan fingerprint density at radius 2 is 2.10 bits per heavy atom. The standard InChI is InChI=1S/C8H14O2/c1-2-3-4-5-8(10)6-7-9/h2-5,8-10H,6-7H2,1H3/b3-2+,5-4+. The van der Waals surface area contributed by atoms with Crippen molar-refractivity contribution in [3.63, 3.8) is 0 Å². The van der Waals surface area contributed by atoms with Gasteiger partial charge in [-0.25, -0.2) is 0 Å². The van der Waals surface area contributed by atoms with Crippen molar-refractivity contribution in [2.75, 3.05) is 6.61 Å². The van der Waals surface area contributed by atoms with Crippen LogP contribution >= 0.6 is 0 Å². The Morgan fingerprint density at radius 1 is 1.40 bits per heavy atom. The highest BCUT2D eigenvalue weighted by Crippen LogP contribution is 1.91. The van der Waals surface area contributed by atoms with Crippen LogP contribution in [0.3, 0.4) is 0 Å². The zero-order valence-electron chi connectivity index (χ0n) is 6.20. The van der Waals surface area contributed by atoms with E-state index in [4.69, 9.17) is 10.2 Å². The molecule has 0 saturated heterocycles.